The molecule has 0 aromatic rings. The molecule has 2 heteroatoms. The fourth-order valence-corrected chi connectivity index (χ4v) is 4.24. The molecule has 0 saturated heterocycles. The normalized spacial score (nSPS) is 17.2. The summed E-state index contributed by atoms with van der Waals surface area (Å²) >= 11 is 0. The molecule has 1 atom stereocenters. The zero-order valence-corrected chi connectivity index (χ0v) is 10.7. The second-order valence-corrected chi connectivity index (χ2v) is 10.1. The van der Waals surface area contributed by atoms with Crippen LogP contribution in [0.1, 0.15) is 26.7 Å². The van der Waals surface area contributed by atoms with Crippen molar-refractivity contribution in [3.8, 4) is 0 Å². The first-order valence-corrected chi connectivity index (χ1v) is 8.69. The molecule has 0 heterocycles. The van der Waals surface area contributed by atoms with E-state index in [1.807, 2.05) is 0 Å². The molecule has 1 nitrogen and oxygen atoms in total. The van der Waals surface area contributed by atoms with E-state index in [-0.39, 0.29) is 0 Å². The average Bonchev–Trinajstić information content (AvgIpc) is 2.04. The molecule has 78 valence electrons. The fourth-order valence-electron chi connectivity index (χ4n) is 2.00. The van der Waals surface area contributed by atoms with Gasteiger partial charge in [0.1, 0.15) is 0 Å². The Kier molecular flexibility index (Phi) is 4.40. The molecule has 0 aliphatic rings. The van der Waals surface area contributed by atoms with Gasteiger partial charge >= 0.3 is 0 Å². The maximum absolute atomic E-state index is 10.6. The third-order valence-electron chi connectivity index (χ3n) is 3.12. The quantitative estimate of drug-likeness (QED) is 0.534. The molecule has 0 saturated carbocycles. The predicted molar refractivity (Wildman–Crippen MR) is 62.6 cm³/mol. The lowest BCUT2D eigenvalue weighted by Gasteiger charge is -2.42. The molecule has 1 N–H and O–H groups in total. The standard InChI is InChI=1S/C11H24OSi/c1-7-10(8-2)11(12,9-3)13(4,5)6/h9-10,12H,3,7-8H2,1-2,4-6H3. The van der Waals surface area contributed by atoms with Gasteiger partial charge in [0, 0.05) is 0 Å². The highest BCUT2D eigenvalue weighted by Crippen LogP contribution is 2.33. The Morgan fingerprint density at radius 1 is 1.31 bits per heavy atom. The maximum Gasteiger partial charge on any atom is 0.0873 e. The third-order valence-corrected chi connectivity index (χ3v) is 6.14. The average molecular weight is 200 g/mol. The van der Waals surface area contributed by atoms with Crippen LogP contribution in [0.15, 0.2) is 12.7 Å². The van der Waals surface area contributed by atoms with Gasteiger partial charge in [-0.05, 0) is 5.92 Å². The number of rotatable bonds is 5. The summed E-state index contributed by atoms with van der Waals surface area (Å²) in [6, 6.07) is 0. The SMILES string of the molecule is C=CC(O)(C(CC)CC)[Si](C)(C)C. The Hall–Kier alpha value is -0.0831. The molecule has 0 aliphatic carbocycles. The molecule has 0 rings (SSSR count). The van der Waals surface area contributed by atoms with Crippen LogP contribution in [-0.2, 0) is 0 Å². The van der Waals surface area contributed by atoms with Crippen molar-refractivity contribution < 1.29 is 5.11 Å². The van der Waals surface area contributed by atoms with E-state index in [0.717, 1.165) is 12.8 Å². The van der Waals surface area contributed by atoms with Crippen molar-refractivity contribution >= 4 is 8.07 Å². The van der Waals surface area contributed by atoms with Gasteiger partial charge in [-0.2, -0.15) is 0 Å². The molecule has 13 heavy (non-hydrogen) atoms. The van der Waals surface area contributed by atoms with Gasteiger partial charge in [0.2, 0.25) is 0 Å². The van der Waals surface area contributed by atoms with Crippen LogP contribution in [0.3, 0.4) is 0 Å². The minimum absolute atomic E-state index is 0.372. The lowest BCUT2D eigenvalue weighted by atomic mass is 9.96. The van der Waals surface area contributed by atoms with Crippen molar-refractivity contribution in [2.45, 2.75) is 51.6 Å². The van der Waals surface area contributed by atoms with Crippen LogP contribution in [0.4, 0.5) is 0 Å². The molecule has 0 aromatic heterocycles. The van der Waals surface area contributed by atoms with Gasteiger partial charge in [-0.1, -0.05) is 52.4 Å². The lowest BCUT2D eigenvalue weighted by Crippen LogP contribution is -2.55. The summed E-state index contributed by atoms with van der Waals surface area (Å²) in [6.07, 6.45) is 3.84. The number of hydrogen-bond acceptors (Lipinski definition) is 1. The highest BCUT2D eigenvalue weighted by atomic mass is 28.3. The second-order valence-electron chi connectivity index (χ2n) is 4.79. The highest BCUT2D eigenvalue weighted by Gasteiger charge is 2.43. The van der Waals surface area contributed by atoms with Gasteiger partial charge in [-0.15, -0.1) is 6.58 Å². The molecule has 0 aliphatic heterocycles. The van der Waals surface area contributed by atoms with Crippen LogP contribution in [0.25, 0.3) is 0 Å². The van der Waals surface area contributed by atoms with Gasteiger partial charge in [0.15, 0.2) is 0 Å². The zero-order chi connectivity index (χ0) is 10.7. The second kappa shape index (κ2) is 4.42. The zero-order valence-electron chi connectivity index (χ0n) is 9.72. The first-order valence-electron chi connectivity index (χ1n) is 5.19. The van der Waals surface area contributed by atoms with Crippen LogP contribution < -0.4 is 0 Å². The van der Waals surface area contributed by atoms with Crippen LogP contribution >= 0.6 is 0 Å². The molecule has 0 amide bonds. The Morgan fingerprint density at radius 2 is 1.69 bits per heavy atom. The van der Waals surface area contributed by atoms with Crippen LogP contribution in [0.5, 0.6) is 0 Å². The largest absolute Gasteiger partial charge is 0.389 e. The molecule has 0 spiro atoms. The monoisotopic (exact) mass is 200 g/mol. The van der Waals surface area contributed by atoms with Crippen molar-refractivity contribution in [2.75, 3.05) is 0 Å². The first kappa shape index (κ1) is 12.9. The topological polar surface area (TPSA) is 20.2 Å². The van der Waals surface area contributed by atoms with E-state index in [1.165, 1.54) is 0 Å². The fraction of sp³-hybridized carbons (Fsp3) is 0.818. The lowest BCUT2D eigenvalue weighted by molar-refractivity contribution is 0.0926. The molecule has 0 radical (unpaired) electrons. The number of hydrogen-bond donors (Lipinski definition) is 1. The summed E-state index contributed by atoms with van der Waals surface area (Å²) in [4.78, 5) is 0. The minimum Gasteiger partial charge on any atom is -0.389 e. The van der Waals surface area contributed by atoms with Crippen LogP contribution in [0, 0.1) is 5.92 Å². The van der Waals surface area contributed by atoms with E-state index >= 15 is 0 Å². The van der Waals surface area contributed by atoms with Crippen LogP contribution in [0.2, 0.25) is 19.6 Å². The van der Waals surface area contributed by atoms with E-state index < -0.39 is 13.3 Å². The molecule has 1 unspecified atom stereocenters. The summed E-state index contributed by atoms with van der Waals surface area (Å²) in [6.45, 7) is 14.7. The van der Waals surface area contributed by atoms with Gasteiger partial charge in [0.25, 0.3) is 0 Å². The smallest absolute Gasteiger partial charge is 0.0873 e. The van der Waals surface area contributed by atoms with E-state index in [2.05, 4.69) is 40.1 Å². The molecule has 0 bridgehead atoms. The van der Waals surface area contributed by atoms with E-state index in [0.29, 0.717) is 5.92 Å². The Balaban J connectivity index is 4.91. The van der Waals surface area contributed by atoms with Crippen molar-refractivity contribution in [1.29, 1.82) is 0 Å². The van der Waals surface area contributed by atoms with Gasteiger partial charge in [-0.3, -0.25) is 0 Å². The molecule has 0 aromatic carbocycles. The van der Waals surface area contributed by atoms with E-state index in [9.17, 15) is 5.11 Å². The predicted octanol–water partition coefficient (Wildman–Crippen LogP) is 3.22. The summed E-state index contributed by atoms with van der Waals surface area (Å²) in [7, 11) is -1.58. The Labute approximate surface area is 83.9 Å². The Bertz CT molecular complexity index is 167. The van der Waals surface area contributed by atoms with Crippen molar-refractivity contribution in [3.05, 3.63) is 12.7 Å². The molecular formula is C11H24OSi. The number of aliphatic hydroxyl groups is 1. The molecule has 0 fully saturated rings. The van der Waals surface area contributed by atoms with Crippen LogP contribution in [-0.4, -0.2) is 18.4 Å². The van der Waals surface area contributed by atoms with Crippen molar-refractivity contribution in [1.82, 2.24) is 0 Å². The van der Waals surface area contributed by atoms with Crippen molar-refractivity contribution in [3.63, 3.8) is 0 Å². The van der Waals surface area contributed by atoms with Gasteiger partial charge < -0.3 is 5.11 Å². The maximum atomic E-state index is 10.6. The van der Waals surface area contributed by atoms with E-state index in [4.69, 9.17) is 0 Å². The summed E-state index contributed by atoms with van der Waals surface area (Å²) in [5, 5.41) is 9.96. The van der Waals surface area contributed by atoms with E-state index in [1.54, 1.807) is 6.08 Å². The Morgan fingerprint density at radius 3 is 1.77 bits per heavy atom. The minimum atomic E-state index is -1.58. The van der Waals surface area contributed by atoms with Gasteiger partial charge in [0.05, 0.1) is 13.3 Å². The summed E-state index contributed by atoms with van der Waals surface area (Å²) < 4.78 is 0. The van der Waals surface area contributed by atoms with Crippen molar-refractivity contribution in [2.24, 2.45) is 5.92 Å². The first-order chi connectivity index (χ1) is 5.83. The summed E-state index contributed by atoms with van der Waals surface area (Å²) in [5.74, 6) is 0.372. The molecular weight excluding hydrogens is 176 g/mol. The highest BCUT2D eigenvalue weighted by molar-refractivity contribution is 6.79. The van der Waals surface area contributed by atoms with Gasteiger partial charge in [-0.25, -0.2) is 0 Å². The summed E-state index contributed by atoms with van der Waals surface area (Å²) in [5.41, 5.74) is 0. The third kappa shape index (κ3) is 2.44.